The minimum Gasteiger partial charge on any atom is -0.309 e. The van der Waals surface area contributed by atoms with Crippen molar-refractivity contribution in [3.8, 4) is 22.6 Å². The predicted molar refractivity (Wildman–Crippen MR) is 158 cm³/mol. The zero-order valence-electron chi connectivity index (χ0n) is 20.6. The molecule has 0 spiro atoms. The van der Waals surface area contributed by atoms with Crippen molar-refractivity contribution in [1.82, 2.24) is 14.1 Å². The lowest BCUT2D eigenvalue weighted by Crippen LogP contribution is -1.97. The molecule has 0 amide bonds. The summed E-state index contributed by atoms with van der Waals surface area (Å²) < 4.78 is 4.71. The largest absolute Gasteiger partial charge is 0.309 e. The molecular formula is C35H23N3. The predicted octanol–water partition coefficient (Wildman–Crippen LogP) is 8.94. The van der Waals surface area contributed by atoms with Crippen molar-refractivity contribution >= 4 is 43.6 Å². The molecule has 8 rings (SSSR count). The molecule has 0 unspecified atom stereocenters. The SMILES string of the molecule is c1ccc(-c2ccc(-n3c4ccccc4c4c3ccc3c5ccccc5n(-c5ccccc5)c34)nc2)cc1. The third-order valence-electron chi connectivity index (χ3n) is 7.57. The molecule has 0 saturated carbocycles. The van der Waals surface area contributed by atoms with Gasteiger partial charge in [-0.15, -0.1) is 0 Å². The molecule has 0 bridgehead atoms. The van der Waals surface area contributed by atoms with E-state index in [1.807, 2.05) is 12.3 Å². The van der Waals surface area contributed by atoms with Gasteiger partial charge in [0.25, 0.3) is 0 Å². The smallest absolute Gasteiger partial charge is 0.137 e. The molecule has 0 radical (unpaired) electrons. The second-order valence-corrected chi connectivity index (χ2v) is 9.67. The van der Waals surface area contributed by atoms with Gasteiger partial charge in [0, 0.05) is 39.0 Å². The minimum absolute atomic E-state index is 0.914. The van der Waals surface area contributed by atoms with Crippen molar-refractivity contribution in [2.45, 2.75) is 0 Å². The second-order valence-electron chi connectivity index (χ2n) is 9.67. The van der Waals surface area contributed by atoms with E-state index in [4.69, 9.17) is 4.98 Å². The van der Waals surface area contributed by atoms with Crippen LogP contribution in [0.25, 0.3) is 66.2 Å². The average Bonchev–Trinajstić information content (AvgIpc) is 3.51. The molecule has 3 heteroatoms. The summed E-state index contributed by atoms with van der Waals surface area (Å²) in [6.45, 7) is 0. The van der Waals surface area contributed by atoms with Crippen LogP contribution in [0.4, 0.5) is 0 Å². The summed E-state index contributed by atoms with van der Waals surface area (Å²) in [6, 6.07) is 47.3. The van der Waals surface area contributed by atoms with Crippen molar-refractivity contribution in [3.63, 3.8) is 0 Å². The van der Waals surface area contributed by atoms with E-state index in [9.17, 15) is 0 Å². The summed E-state index contributed by atoms with van der Waals surface area (Å²) in [5.74, 6) is 0.914. The first-order chi connectivity index (χ1) is 18.9. The Kier molecular flexibility index (Phi) is 4.52. The molecule has 178 valence electrons. The van der Waals surface area contributed by atoms with Crippen LogP contribution in [-0.4, -0.2) is 14.1 Å². The van der Waals surface area contributed by atoms with Crippen LogP contribution < -0.4 is 0 Å². The number of hydrogen-bond acceptors (Lipinski definition) is 1. The molecule has 0 fully saturated rings. The summed E-state index contributed by atoms with van der Waals surface area (Å²) in [5.41, 5.74) is 8.19. The molecular weight excluding hydrogens is 462 g/mol. The third-order valence-corrected chi connectivity index (χ3v) is 7.57. The molecule has 0 N–H and O–H groups in total. The van der Waals surface area contributed by atoms with E-state index < -0.39 is 0 Å². The van der Waals surface area contributed by atoms with Crippen LogP contribution in [0.15, 0.2) is 140 Å². The summed E-state index contributed by atoms with van der Waals surface area (Å²) >= 11 is 0. The Balaban J connectivity index is 1.48. The van der Waals surface area contributed by atoms with Gasteiger partial charge in [-0.05, 0) is 48.0 Å². The lowest BCUT2D eigenvalue weighted by molar-refractivity contribution is 1.08. The molecule has 8 aromatic rings. The summed E-state index contributed by atoms with van der Waals surface area (Å²) in [7, 11) is 0. The Labute approximate surface area is 219 Å². The van der Waals surface area contributed by atoms with Crippen LogP contribution in [0.1, 0.15) is 0 Å². The van der Waals surface area contributed by atoms with E-state index in [0.29, 0.717) is 0 Å². The highest BCUT2D eigenvalue weighted by molar-refractivity contribution is 6.26. The standard InChI is InChI=1S/C35H23N3/c1-3-11-24(12-4-1)25-19-22-33(36-23-25)38-31-18-10-8-16-29(31)34-32(38)21-20-28-27-15-7-9-17-30(27)37(35(28)34)26-13-5-2-6-14-26/h1-23H. The lowest BCUT2D eigenvalue weighted by atomic mass is 10.1. The normalized spacial score (nSPS) is 11.7. The van der Waals surface area contributed by atoms with E-state index in [1.165, 1.54) is 38.1 Å². The Morgan fingerprint density at radius 1 is 0.421 bits per heavy atom. The molecule has 3 heterocycles. The van der Waals surface area contributed by atoms with Gasteiger partial charge in [-0.2, -0.15) is 0 Å². The molecule has 3 nitrogen and oxygen atoms in total. The molecule has 5 aromatic carbocycles. The second kappa shape index (κ2) is 8.19. The van der Waals surface area contributed by atoms with Crippen molar-refractivity contribution in [3.05, 3.63) is 140 Å². The summed E-state index contributed by atoms with van der Waals surface area (Å²) in [4.78, 5) is 4.96. The number of benzene rings is 5. The Morgan fingerprint density at radius 3 is 1.82 bits per heavy atom. The van der Waals surface area contributed by atoms with Gasteiger partial charge in [0.1, 0.15) is 5.82 Å². The van der Waals surface area contributed by atoms with E-state index >= 15 is 0 Å². The fourth-order valence-electron chi connectivity index (χ4n) is 5.92. The fraction of sp³-hybridized carbons (Fsp3) is 0. The number of nitrogens with zero attached hydrogens (tertiary/aromatic N) is 3. The van der Waals surface area contributed by atoms with Crippen molar-refractivity contribution < 1.29 is 0 Å². The fourth-order valence-corrected chi connectivity index (χ4v) is 5.92. The van der Waals surface area contributed by atoms with Crippen LogP contribution in [0.3, 0.4) is 0 Å². The average molecular weight is 486 g/mol. The zero-order valence-corrected chi connectivity index (χ0v) is 20.6. The highest BCUT2D eigenvalue weighted by Crippen LogP contribution is 2.41. The van der Waals surface area contributed by atoms with Gasteiger partial charge in [0.15, 0.2) is 0 Å². The van der Waals surface area contributed by atoms with Gasteiger partial charge in [-0.1, -0.05) is 91.0 Å². The molecule has 0 aliphatic heterocycles. The van der Waals surface area contributed by atoms with Gasteiger partial charge < -0.3 is 4.57 Å². The van der Waals surface area contributed by atoms with Crippen LogP contribution in [0.2, 0.25) is 0 Å². The molecule has 38 heavy (non-hydrogen) atoms. The van der Waals surface area contributed by atoms with E-state index in [1.54, 1.807) is 0 Å². The molecule has 0 aliphatic rings. The van der Waals surface area contributed by atoms with Gasteiger partial charge in [0.2, 0.25) is 0 Å². The van der Waals surface area contributed by atoms with Gasteiger partial charge in [-0.3, -0.25) is 4.57 Å². The molecule has 3 aromatic heterocycles. The van der Waals surface area contributed by atoms with Crippen LogP contribution in [0.5, 0.6) is 0 Å². The van der Waals surface area contributed by atoms with Crippen LogP contribution in [0, 0.1) is 0 Å². The number of aromatic nitrogens is 3. The van der Waals surface area contributed by atoms with Crippen LogP contribution >= 0.6 is 0 Å². The number of rotatable bonds is 3. The first-order valence-corrected chi connectivity index (χ1v) is 12.9. The Hall–Kier alpha value is -5.15. The monoisotopic (exact) mass is 485 g/mol. The van der Waals surface area contributed by atoms with Crippen molar-refractivity contribution in [1.29, 1.82) is 0 Å². The summed E-state index contributed by atoms with van der Waals surface area (Å²) in [5, 5.41) is 4.98. The number of pyridine rings is 1. The van der Waals surface area contributed by atoms with E-state index in [0.717, 1.165) is 28.1 Å². The van der Waals surface area contributed by atoms with Gasteiger partial charge >= 0.3 is 0 Å². The van der Waals surface area contributed by atoms with Crippen molar-refractivity contribution in [2.24, 2.45) is 0 Å². The van der Waals surface area contributed by atoms with Crippen LogP contribution in [-0.2, 0) is 0 Å². The van der Waals surface area contributed by atoms with Gasteiger partial charge in [0.05, 0.1) is 22.1 Å². The quantitative estimate of drug-likeness (QED) is 0.245. The van der Waals surface area contributed by atoms with E-state index in [-0.39, 0.29) is 0 Å². The molecule has 0 aliphatic carbocycles. The number of fused-ring (bicyclic) bond motifs is 7. The highest BCUT2D eigenvalue weighted by atomic mass is 15.1. The maximum Gasteiger partial charge on any atom is 0.137 e. The summed E-state index contributed by atoms with van der Waals surface area (Å²) in [6.07, 6.45) is 1.98. The Morgan fingerprint density at radius 2 is 1.08 bits per heavy atom. The topological polar surface area (TPSA) is 22.8 Å². The third kappa shape index (κ3) is 2.99. The zero-order chi connectivity index (χ0) is 25.1. The molecule has 0 saturated heterocycles. The number of para-hydroxylation sites is 3. The van der Waals surface area contributed by atoms with Crippen molar-refractivity contribution in [2.75, 3.05) is 0 Å². The lowest BCUT2D eigenvalue weighted by Gasteiger charge is -2.10. The van der Waals surface area contributed by atoms with Gasteiger partial charge in [-0.25, -0.2) is 4.98 Å². The maximum absolute atomic E-state index is 4.96. The Bertz CT molecular complexity index is 2100. The minimum atomic E-state index is 0.914. The first kappa shape index (κ1) is 21.0. The van der Waals surface area contributed by atoms with E-state index in [2.05, 4.69) is 137 Å². The maximum atomic E-state index is 4.96. The first-order valence-electron chi connectivity index (χ1n) is 12.9. The highest BCUT2D eigenvalue weighted by Gasteiger charge is 2.20. The number of hydrogen-bond donors (Lipinski definition) is 0. The molecule has 0 atom stereocenters.